The van der Waals surface area contributed by atoms with Crippen molar-refractivity contribution in [3.05, 3.63) is 52.6 Å². The lowest BCUT2D eigenvalue weighted by molar-refractivity contribution is -0.384. The number of benzene rings is 2. The van der Waals surface area contributed by atoms with Crippen molar-refractivity contribution in [2.45, 2.75) is 11.8 Å². The van der Waals surface area contributed by atoms with Crippen LogP contribution in [0, 0.1) is 10.1 Å². The molecular formula is C16H17N3O6S. The van der Waals surface area contributed by atoms with Gasteiger partial charge in [0.15, 0.2) is 0 Å². The first-order valence-corrected chi connectivity index (χ1v) is 8.80. The van der Waals surface area contributed by atoms with Gasteiger partial charge in [0.2, 0.25) is 5.91 Å². The number of ether oxygens (including phenoxy) is 1. The van der Waals surface area contributed by atoms with Crippen LogP contribution in [0.3, 0.4) is 0 Å². The second kappa shape index (κ2) is 7.40. The molecule has 0 spiro atoms. The second-order valence-corrected chi connectivity index (χ2v) is 7.26. The zero-order valence-electron chi connectivity index (χ0n) is 14.3. The summed E-state index contributed by atoms with van der Waals surface area (Å²) in [4.78, 5) is 21.4. The minimum atomic E-state index is -3.99. The molecule has 10 heteroatoms. The van der Waals surface area contributed by atoms with Gasteiger partial charge in [-0.1, -0.05) is 0 Å². The Morgan fingerprint density at radius 2 is 1.81 bits per heavy atom. The number of nitro benzene ring substituents is 1. The summed E-state index contributed by atoms with van der Waals surface area (Å²) in [5, 5.41) is 13.5. The summed E-state index contributed by atoms with van der Waals surface area (Å²) in [7, 11) is -1.38. The van der Waals surface area contributed by atoms with Crippen molar-refractivity contribution >= 4 is 33.0 Å². The molecule has 26 heavy (non-hydrogen) atoms. The molecule has 1 amide bonds. The van der Waals surface area contributed by atoms with Crippen LogP contribution in [-0.2, 0) is 14.8 Å². The predicted molar refractivity (Wildman–Crippen MR) is 96.0 cm³/mol. The number of methoxy groups -OCH3 is 1. The van der Waals surface area contributed by atoms with Crippen molar-refractivity contribution in [1.29, 1.82) is 0 Å². The molecule has 0 bridgehead atoms. The fraction of sp³-hybridized carbons (Fsp3) is 0.188. The maximum Gasteiger partial charge on any atom is 0.271 e. The lowest BCUT2D eigenvalue weighted by atomic mass is 10.2. The number of nitrogens with zero attached hydrogens (tertiary/aromatic N) is 2. The highest BCUT2D eigenvalue weighted by Gasteiger charge is 2.25. The van der Waals surface area contributed by atoms with Crippen molar-refractivity contribution in [3.8, 4) is 5.75 Å². The summed E-state index contributed by atoms with van der Waals surface area (Å²) in [5.74, 6) is -0.101. The van der Waals surface area contributed by atoms with Crippen LogP contribution in [0.4, 0.5) is 17.1 Å². The molecule has 0 aliphatic rings. The topological polar surface area (TPSA) is 119 Å². The van der Waals surface area contributed by atoms with E-state index in [4.69, 9.17) is 4.74 Å². The molecule has 138 valence electrons. The van der Waals surface area contributed by atoms with Crippen LogP contribution in [0.15, 0.2) is 47.4 Å². The lowest BCUT2D eigenvalue weighted by Crippen LogP contribution is -2.27. The van der Waals surface area contributed by atoms with E-state index in [9.17, 15) is 23.3 Å². The largest absolute Gasteiger partial charge is 0.495 e. The number of carbonyl (C=O) groups is 1. The van der Waals surface area contributed by atoms with Gasteiger partial charge in [-0.05, 0) is 30.3 Å². The highest BCUT2D eigenvalue weighted by Crippen LogP contribution is 2.34. The molecule has 0 fully saturated rings. The molecule has 0 radical (unpaired) electrons. The van der Waals surface area contributed by atoms with Crippen LogP contribution in [-0.4, -0.2) is 33.4 Å². The van der Waals surface area contributed by atoms with Crippen molar-refractivity contribution in [2.75, 3.05) is 23.8 Å². The normalized spacial score (nSPS) is 10.9. The molecule has 1 N–H and O–H groups in total. The Hall–Kier alpha value is -3.14. The first kappa shape index (κ1) is 19.2. The molecule has 9 nitrogen and oxygen atoms in total. The zero-order valence-corrected chi connectivity index (χ0v) is 15.1. The number of anilines is 2. The van der Waals surface area contributed by atoms with E-state index in [-0.39, 0.29) is 27.9 Å². The third kappa shape index (κ3) is 3.91. The minimum absolute atomic E-state index is 0.0348. The molecule has 2 aromatic carbocycles. The predicted octanol–water partition coefficient (Wildman–Crippen LogP) is 2.39. The van der Waals surface area contributed by atoms with Crippen LogP contribution in [0.25, 0.3) is 0 Å². The first-order valence-electron chi connectivity index (χ1n) is 7.36. The third-order valence-corrected chi connectivity index (χ3v) is 5.33. The summed E-state index contributed by atoms with van der Waals surface area (Å²) in [6.45, 7) is 1.34. The molecule has 0 heterocycles. The molecule has 0 aliphatic carbocycles. The van der Waals surface area contributed by atoms with Gasteiger partial charge >= 0.3 is 0 Å². The average Bonchev–Trinajstić information content (AvgIpc) is 2.60. The summed E-state index contributed by atoms with van der Waals surface area (Å²) in [6, 6.07) is 9.26. The molecule has 0 saturated heterocycles. The summed E-state index contributed by atoms with van der Waals surface area (Å²) < 4.78 is 31.7. The van der Waals surface area contributed by atoms with E-state index in [1.807, 2.05) is 0 Å². The molecule has 0 unspecified atom stereocenters. The van der Waals surface area contributed by atoms with Gasteiger partial charge in [0.25, 0.3) is 15.7 Å². The van der Waals surface area contributed by atoms with Gasteiger partial charge in [-0.15, -0.1) is 0 Å². The number of nitrogens with one attached hydrogen (secondary N) is 1. The number of sulfonamides is 1. The highest BCUT2D eigenvalue weighted by molar-refractivity contribution is 7.92. The number of hydrogen-bond acceptors (Lipinski definition) is 6. The first-order chi connectivity index (χ1) is 12.2. The van der Waals surface area contributed by atoms with E-state index in [0.29, 0.717) is 5.69 Å². The van der Waals surface area contributed by atoms with Gasteiger partial charge in [0.1, 0.15) is 11.4 Å². The number of carbonyl (C=O) groups excluding carboxylic acids is 1. The Bertz CT molecular complexity index is 941. The Morgan fingerprint density at radius 3 is 2.31 bits per heavy atom. The van der Waals surface area contributed by atoms with Crippen molar-refractivity contribution < 1.29 is 22.9 Å². The van der Waals surface area contributed by atoms with E-state index >= 15 is 0 Å². The molecular weight excluding hydrogens is 362 g/mol. The smallest absolute Gasteiger partial charge is 0.271 e. The highest BCUT2D eigenvalue weighted by atomic mass is 32.2. The van der Waals surface area contributed by atoms with E-state index in [2.05, 4.69) is 5.32 Å². The molecule has 2 aromatic rings. The number of nitro groups is 1. The van der Waals surface area contributed by atoms with Gasteiger partial charge in [-0.2, -0.15) is 0 Å². The van der Waals surface area contributed by atoms with Crippen molar-refractivity contribution in [2.24, 2.45) is 0 Å². The fourth-order valence-corrected chi connectivity index (χ4v) is 3.44. The Morgan fingerprint density at radius 1 is 1.19 bits per heavy atom. The summed E-state index contributed by atoms with van der Waals surface area (Å²) in [5.41, 5.74) is 0.225. The SMILES string of the molecule is COc1ccc([N+](=O)[O-])cc1N(C)S(=O)(=O)c1ccc(NC(C)=O)cc1. The molecule has 0 saturated carbocycles. The van der Waals surface area contributed by atoms with Gasteiger partial charge < -0.3 is 10.1 Å². The van der Waals surface area contributed by atoms with Crippen LogP contribution in [0.5, 0.6) is 5.75 Å². The maximum atomic E-state index is 12.8. The van der Waals surface area contributed by atoms with E-state index in [0.717, 1.165) is 10.4 Å². The Balaban J connectivity index is 2.44. The van der Waals surface area contributed by atoms with Gasteiger partial charge in [-0.3, -0.25) is 19.2 Å². The van der Waals surface area contributed by atoms with Crippen molar-refractivity contribution in [1.82, 2.24) is 0 Å². The van der Waals surface area contributed by atoms with E-state index in [1.165, 1.54) is 57.5 Å². The number of amides is 1. The third-order valence-electron chi connectivity index (χ3n) is 3.55. The summed E-state index contributed by atoms with van der Waals surface area (Å²) >= 11 is 0. The van der Waals surface area contributed by atoms with Gasteiger partial charge in [-0.25, -0.2) is 8.42 Å². The monoisotopic (exact) mass is 379 g/mol. The van der Waals surface area contributed by atoms with Crippen LogP contribution < -0.4 is 14.4 Å². The standard InChI is InChI=1S/C16H17N3O6S/c1-11(20)17-12-4-7-14(8-5-12)26(23,24)18(2)15-10-13(19(21)22)6-9-16(15)25-3/h4-10H,1-3H3,(H,17,20). The molecule has 2 rings (SSSR count). The molecule has 0 atom stereocenters. The van der Waals surface area contributed by atoms with Gasteiger partial charge in [0.05, 0.1) is 16.9 Å². The molecule has 0 aliphatic heterocycles. The Kier molecular flexibility index (Phi) is 5.46. The average molecular weight is 379 g/mol. The maximum absolute atomic E-state index is 12.8. The number of hydrogen-bond donors (Lipinski definition) is 1. The zero-order chi connectivity index (χ0) is 19.5. The van der Waals surface area contributed by atoms with E-state index < -0.39 is 14.9 Å². The quantitative estimate of drug-likeness (QED) is 0.608. The lowest BCUT2D eigenvalue weighted by Gasteiger charge is -2.21. The second-order valence-electron chi connectivity index (χ2n) is 5.29. The number of rotatable bonds is 6. The summed E-state index contributed by atoms with van der Waals surface area (Å²) in [6.07, 6.45) is 0. The van der Waals surface area contributed by atoms with Crippen LogP contribution in [0.1, 0.15) is 6.92 Å². The minimum Gasteiger partial charge on any atom is -0.495 e. The fourth-order valence-electron chi connectivity index (χ4n) is 2.24. The van der Waals surface area contributed by atoms with Crippen LogP contribution >= 0.6 is 0 Å². The Labute approximate surface area is 150 Å². The van der Waals surface area contributed by atoms with E-state index in [1.54, 1.807) is 0 Å². The van der Waals surface area contributed by atoms with Crippen LogP contribution in [0.2, 0.25) is 0 Å². The number of non-ortho nitro benzene ring substituents is 1. The van der Waals surface area contributed by atoms with Gasteiger partial charge in [0, 0.05) is 31.8 Å². The molecule has 0 aromatic heterocycles. The van der Waals surface area contributed by atoms with Crippen molar-refractivity contribution in [3.63, 3.8) is 0 Å².